The summed E-state index contributed by atoms with van der Waals surface area (Å²) in [7, 11) is 0. The Bertz CT molecular complexity index is 528. The Hall–Kier alpha value is -1.42. The van der Waals surface area contributed by atoms with Gasteiger partial charge in [0.1, 0.15) is 0 Å². The molecule has 4 heteroatoms. The summed E-state index contributed by atoms with van der Waals surface area (Å²) in [5.74, 6) is 5.62. The van der Waals surface area contributed by atoms with Crippen LogP contribution in [0.15, 0.2) is 42.6 Å². The summed E-state index contributed by atoms with van der Waals surface area (Å²) in [4.78, 5) is 4.35. The van der Waals surface area contributed by atoms with Gasteiger partial charge in [0.25, 0.3) is 0 Å². The number of hydrazine groups is 1. The zero-order chi connectivity index (χ0) is 13.0. The van der Waals surface area contributed by atoms with E-state index in [1.807, 2.05) is 43.3 Å². The molecule has 0 amide bonds. The van der Waals surface area contributed by atoms with E-state index >= 15 is 0 Å². The second kappa shape index (κ2) is 5.96. The number of hydrogen-bond donors (Lipinski definition) is 2. The lowest BCUT2D eigenvalue weighted by molar-refractivity contribution is 0.538. The Kier molecular flexibility index (Phi) is 4.31. The summed E-state index contributed by atoms with van der Waals surface area (Å²) in [5, 5.41) is 0.755. The van der Waals surface area contributed by atoms with E-state index in [2.05, 4.69) is 10.4 Å². The molecule has 0 aliphatic rings. The molecular formula is C14H16ClN3. The molecule has 2 rings (SSSR count). The standard InChI is InChI=1S/C14H16ClN3/c1-10-6-7-17-13(8-10)14(18-16)9-11-4-2-3-5-12(11)15/h2-8,14,18H,9,16H2,1H3. The van der Waals surface area contributed by atoms with Crippen LogP contribution in [0.4, 0.5) is 0 Å². The first-order valence-electron chi connectivity index (χ1n) is 5.83. The topological polar surface area (TPSA) is 50.9 Å². The Morgan fingerprint density at radius 2 is 2.11 bits per heavy atom. The first-order chi connectivity index (χ1) is 8.70. The van der Waals surface area contributed by atoms with E-state index in [9.17, 15) is 0 Å². The molecule has 1 atom stereocenters. The molecule has 0 bridgehead atoms. The normalized spacial score (nSPS) is 12.4. The van der Waals surface area contributed by atoms with Gasteiger partial charge < -0.3 is 0 Å². The minimum absolute atomic E-state index is 0.0372. The number of pyridine rings is 1. The maximum Gasteiger partial charge on any atom is 0.0673 e. The number of nitrogens with two attached hydrogens (primary N) is 1. The van der Waals surface area contributed by atoms with Crippen LogP contribution in [0, 0.1) is 6.92 Å². The number of rotatable bonds is 4. The van der Waals surface area contributed by atoms with E-state index < -0.39 is 0 Å². The predicted molar refractivity (Wildman–Crippen MR) is 74.2 cm³/mol. The molecule has 1 aromatic heterocycles. The molecule has 0 spiro atoms. The summed E-state index contributed by atoms with van der Waals surface area (Å²) < 4.78 is 0. The van der Waals surface area contributed by atoms with Crippen LogP contribution < -0.4 is 11.3 Å². The Balaban J connectivity index is 2.23. The summed E-state index contributed by atoms with van der Waals surface area (Å²) in [6.45, 7) is 2.04. The monoisotopic (exact) mass is 261 g/mol. The lowest BCUT2D eigenvalue weighted by atomic mass is 10.0. The fraction of sp³-hybridized carbons (Fsp3) is 0.214. The van der Waals surface area contributed by atoms with Crippen LogP contribution in [0.5, 0.6) is 0 Å². The first kappa shape index (κ1) is 13.0. The van der Waals surface area contributed by atoms with E-state index in [0.29, 0.717) is 6.42 Å². The first-order valence-corrected chi connectivity index (χ1v) is 6.20. The van der Waals surface area contributed by atoms with Crippen LogP contribution in [0.2, 0.25) is 5.02 Å². The molecule has 0 saturated heterocycles. The molecule has 1 unspecified atom stereocenters. The van der Waals surface area contributed by atoms with Crippen molar-refractivity contribution in [3.8, 4) is 0 Å². The third kappa shape index (κ3) is 3.07. The maximum atomic E-state index is 6.16. The molecule has 0 saturated carbocycles. The van der Waals surface area contributed by atoms with Gasteiger partial charge in [-0.05, 0) is 42.7 Å². The quantitative estimate of drug-likeness (QED) is 0.657. The number of hydrogen-bond acceptors (Lipinski definition) is 3. The van der Waals surface area contributed by atoms with Crippen molar-refractivity contribution in [2.45, 2.75) is 19.4 Å². The third-order valence-electron chi connectivity index (χ3n) is 2.88. The molecule has 1 heterocycles. The fourth-order valence-electron chi connectivity index (χ4n) is 1.88. The van der Waals surface area contributed by atoms with E-state index in [0.717, 1.165) is 16.3 Å². The van der Waals surface area contributed by atoms with Crippen molar-refractivity contribution >= 4 is 11.6 Å². The van der Waals surface area contributed by atoms with Gasteiger partial charge in [-0.2, -0.15) is 0 Å². The Morgan fingerprint density at radius 3 is 2.78 bits per heavy atom. The number of nitrogens with zero attached hydrogens (tertiary/aromatic N) is 1. The number of aryl methyl sites for hydroxylation is 1. The van der Waals surface area contributed by atoms with Gasteiger partial charge in [-0.15, -0.1) is 0 Å². The van der Waals surface area contributed by atoms with Gasteiger partial charge in [-0.3, -0.25) is 16.3 Å². The van der Waals surface area contributed by atoms with Gasteiger partial charge in [-0.1, -0.05) is 29.8 Å². The lowest BCUT2D eigenvalue weighted by Gasteiger charge is -2.16. The van der Waals surface area contributed by atoms with Crippen molar-refractivity contribution in [1.29, 1.82) is 0 Å². The number of halogens is 1. The van der Waals surface area contributed by atoms with E-state index in [4.69, 9.17) is 17.4 Å². The molecular weight excluding hydrogens is 246 g/mol. The van der Waals surface area contributed by atoms with Crippen LogP contribution in [0.1, 0.15) is 22.9 Å². The van der Waals surface area contributed by atoms with Crippen LogP contribution in [0.3, 0.4) is 0 Å². The summed E-state index contributed by atoms with van der Waals surface area (Å²) in [6, 6.07) is 11.7. The summed E-state index contributed by atoms with van der Waals surface area (Å²) in [5.41, 5.74) is 5.95. The van der Waals surface area contributed by atoms with Crippen LogP contribution in [-0.4, -0.2) is 4.98 Å². The smallest absolute Gasteiger partial charge is 0.0673 e. The molecule has 1 aromatic carbocycles. The number of aromatic nitrogens is 1. The zero-order valence-corrected chi connectivity index (χ0v) is 11.0. The summed E-state index contributed by atoms with van der Waals surface area (Å²) >= 11 is 6.16. The highest BCUT2D eigenvalue weighted by atomic mass is 35.5. The van der Waals surface area contributed by atoms with Gasteiger partial charge >= 0.3 is 0 Å². The van der Waals surface area contributed by atoms with Gasteiger partial charge in [-0.25, -0.2) is 0 Å². The average molecular weight is 262 g/mol. The van der Waals surface area contributed by atoms with Gasteiger partial charge in [0, 0.05) is 11.2 Å². The summed E-state index contributed by atoms with van der Waals surface area (Å²) in [6.07, 6.45) is 2.51. The molecule has 18 heavy (non-hydrogen) atoms. The lowest BCUT2D eigenvalue weighted by Crippen LogP contribution is -2.30. The van der Waals surface area contributed by atoms with Crippen molar-refractivity contribution < 1.29 is 0 Å². The average Bonchev–Trinajstić information content (AvgIpc) is 2.38. The maximum absolute atomic E-state index is 6.16. The van der Waals surface area contributed by atoms with Crippen molar-refractivity contribution in [1.82, 2.24) is 10.4 Å². The van der Waals surface area contributed by atoms with Crippen molar-refractivity contribution in [3.63, 3.8) is 0 Å². The molecule has 2 aromatic rings. The second-order valence-corrected chi connectivity index (χ2v) is 4.68. The van der Waals surface area contributed by atoms with E-state index in [1.54, 1.807) is 6.20 Å². The zero-order valence-electron chi connectivity index (χ0n) is 10.2. The number of nitrogens with one attached hydrogen (secondary N) is 1. The Morgan fingerprint density at radius 1 is 1.33 bits per heavy atom. The molecule has 0 aliphatic carbocycles. The molecule has 0 aliphatic heterocycles. The van der Waals surface area contributed by atoms with Gasteiger partial charge in [0.05, 0.1) is 11.7 Å². The minimum Gasteiger partial charge on any atom is -0.271 e. The highest BCUT2D eigenvalue weighted by Crippen LogP contribution is 2.22. The van der Waals surface area contributed by atoms with Crippen LogP contribution in [-0.2, 0) is 6.42 Å². The molecule has 3 nitrogen and oxygen atoms in total. The molecule has 94 valence electrons. The fourth-order valence-corrected chi connectivity index (χ4v) is 2.10. The van der Waals surface area contributed by atoms with Crippen molar-refractivity contribution in [2.24, 2.45) is 5.84 Å². The largest absolute Gasteiger partial charge is 0.271 e. The highest BCUT2D eigenvalue weighted by Gasteiger charge is 2.13. The van der Waals surface area contributed by atoms with Crippen molar-refractivity contribution in [3.05, 3.63) is 64.4 Å². The van der Waals surface area contributed by atoms with Gasteiger partial charge in [0.15, 0.2) is 0 Å². The van der Waals surface area contributed by atoms with Gasteiger partial charge in [0.2, 0.25) is 0 Å². The van der Waals surface area contributed by atoms with Crippen LogP contribution in [0.25, 0.3) is 0 Å². The van der Waals surface area contributed by atoms with Crippen LogP contribution >= 0.6 is 11.6 Å². The predicted octanol–water partition coefficient (Wildman–Crippen LogP) is 2.79. The van der Waals surface area contributed by atoms with E-state index in [1.165, 1.54) is 5.56 Å². The number of benzene rings is 1. The van der Waals surface area contributed by atoms with Crippen molar-refractivity contribution in [2.75, 3.05) is 0 Å². The minimum atomic E-state index is -0.0372. The highest BCUT2D eigenvalue weighted by molar-refractivity contribution is 6.31. The molecule has 0 fully saturated rings. The SMILES string of the molecule is Cc1ccnc(C(Cc2ccccc2Cl)NN)c1. The molecule has 3 N–H and O–H groups in total. The van der Waals surface area contributed by atoms with E-state index in [-0.39, 0.29) is 6.04 Å². The third-order valence-corrected chi connectivity index (χ3v) is 3.25. The Labute approximate surface area is 112 Å². The molecule has 0 radical (unpaired) electrons. The second-order valence-electron chi connectivity index (χ2n) is 4.27.